The van der Waals surface area contributed by atoms with E-state index in [-0.39, 0.29) is 0 Å². The van der Waals surface area contributed by atoms with E-state index in [9.17, 15) is 10.5 Å². The van der Waals surface area contributed by atoms with Gasteiger partial charge in [-0.05, 0) is 30.5 Å². The maximum atomic E-state index is 9.90. The molecule has 134 valence electrons. The van der Waals surface area contributed by atoms with Gasteiger partial charge in [0.1, 0.15) is 22.5 Å². The van der Waals surface area contributed by atoms with E-state index in [2.05, 4.69) is 17.1 Å². The minimum Gasteiger partial charge on any atom is -0.497 e. The van der Waals surface area contributed by atoms with Gasteiger partial charge in [0.15, 0.2) is 0 Å². The van der Waals surface area contributed by atoms with Crippen LogP contribution in [0, 0.1) is 34.0 Å². The molecule has 0 aromatic heterocycles. The lowest BCUT2D eigenvalue weighted by Crippen LogP contribution is -2.44. The molecule has 0 saturated heterocycles. The van der Waals surface area contributed by atoms with Crippen molar-refractivity contribution in [2.75, 3.05) is 7.11 Å². The Hall–Kier alpha value is -2.44. The fourth-order valence-corrected chi connectivity index (χ4v) is 5.01. The van der Waals surface area contributed by atoms with E-state index in [4.69, 9.17) is 10.5 Å². The molecule has 6 heteroatoms. The van der Waals surface area contributed by atoms with Gasteiger partial charge < -0.3 is 10.5 Å². The number of hydrogen-bond acceptors (Lipinski definition) is 6. The third kappa shape index (κ3) is 3.30. The van der Waals surface area contributed by atoms with Gasteiger partial charge in [-0.25, -0.2) is 4.99 Å². The number of hydrogen-bond donors (Lipinski definition) is 1. The predicted molar refractivity (Wildman–Crippen MR) is 103 cm³/mol. The Morgan fingerprint density at radius 1 is 1.31 bits per heavy atom. The highest BCUT2D eigenvalue weighted by molar-refractivity contribution is 8.02. The zero-order valence-corrected chi connectivity index (χ0v) is 15.7. The molecule has 26 heavy (non-hydrogen) atoms. The predicted octanol–water partition coefficient (Wildman–Crippen LogP) is 4.12. The smallest absolute Gasteiger partial charge is 0.119 e. The second kappa shape index (κ2) is 7.85. The molecule has 5 nitrogen and oxygen atoms in total. The average Bonchev–Trinajstić information content (AvgIpc) is 2.67. The molecule has 1 aliphatic heterocycles. The number of methoxy groups -OCH3 is 1. The van der Waals surface area contributed by atoms with Crippen LogP contribution in [0.3, 0.4) is 0 Å². The van der Waals surface area contributed by atoms with Gasteiger partial charge in [0.05, 0.1) is 24.8 Å². The van der Waals surface area contributed by atoms with Crippen LogP contribution in [0.15, 0.2) is 39.9 Å². The molecule has 1 aliphatic carbocycles. The monoisotopic (exact) mass is 366 g/mol. The quantitative estimate of drug-likeness (QED) is 0.864. The van der Waals surface area contributed by atoms with E-state index >= 15 is 0 Å². The van der Waals surface area contributed by atoms with E-state index in [1.54, 1.807) is 7.11 Å². The van der Waals surface area contributed by atoms with Gasteiger partial charge in [-0.2, -0.15) is 10.5 Å². The number of aliphatic imine (C=N–C) groups is 1. The van der Waals surface area contributed by atoms with Gasteiger partial charge in [-0.15, -0.1) is 11.8 Å². The largest absolute Gasteiger partial charge is 0.497 e. The van der Waals surface area contributed by atoms with Gasteiger partial charge in [0, 0.05) is 11.2 Å². The Bertz CT molecular complexity index is 825. The summed E-state index contributed by atoms with van der Waals surface area (Å²) in [5, 5.41) is 20.2. The Morgan fingerprint density at radius 2 is 2.08 bits per heavy atom. The van der Waals surface area contributed by atoms with Gasteiger partial charge in [-0.3, -0.25) is 0 Å². The van der Waals surface area contributed by atoms with Crippen molar-refractivity contribution in [3.63, 3.8) is 0 Å². The van der Waals surface area contributed by atoms with Crippen molar-refractivity contribution in [2.45, 2.75) is 37.9 Å². The summed E-state index contributed by atoms with van der Waals surface area (Å²) in [6.07, 6.45) is 4.83. The van der Waals surface area contributed by atoms with Gasteiger partial charge in [0.25, 0.3) is 0 Å². The normalized spacial score (nSPS) is 21.7. The third-order valence-electron chi connectivity index (χ3n) is 5.29. The molecular formula is C20H22N4OS. The lowest BCUT2D eigenvalue weighted by molar-refractivity contribution is 0.215. The Morgan fingerprint density at radius 3 is 2.73 bits per heavy atom. The Kier molecular flexibility index (Phi) is 5.54. The first-order valence-corrected chi connectivity index (χ1v) is 9.77. The standard InChI is InChI=1S/C20H22N4OS/c1-25-15-7-5-6-14(10-15)13-26-19-17(12-22)20(8-3-2-4-9-20)16(11-21)18(23)24-19/h5-7,10,16H,2-4,8-9,13H2,1H3,(H2,23,24). The SMILES string of the molecule is COc1cccc(CSC2=C(C#N)C3(CCCCC3)C(C#N)C(N)=N2)c1. The number of allylic oxidation sites excluding steroid dienone is 1. The summed E-state index contributed by atoms with van der Waals surface area (Å²) < 4.78 is 5.27. The number of rotatable bonds is 4. The molecule has 0 radical (unpaired) electrons. The Labute approximate surface area is 158 Å². The summed E-state index contributed by atoms with van der Waals surface area (Å²) in [6.45, 7) is 0. The van der Waals surface area contributed by atoms with Crippen LogP contribution in [0.25, 0.3) is 0 Å². The van der Waals surface area contributed by atoms with E-state index in [0.717, 1.165) is 43.4 Å². The molecule has 1 aromatic rings. The van der Waals surface area contributed by atoms with Crippen molar-refractivity contribution in [1.29, 1.82) is 10.5 Å². The molecule has 1 spiro atoms. The molecule has 1 aromatic carbocycles. The highest BCUT2D eigenvalue weighted by Crippen LogP contribution is 2.52. The van der Waals surface area contributed by atoms with Crippen LogP contribution >= 0.6 is 11.8 Å². The molecule has 1 heterocycles. The summed E-state index contributed by atoms with van der Waals surface area (Å²) in [7, 11) is 1.64. The summed E-state index contributed by atoms with van der Waals surface area (Å²) in [6, 6.07) is 12.5. The van der Waals surface area contributed by atoms with Crippen molar-refractivity contribution in [1.82, 2.24) is 0 Å². The molecule has 3 rings (SSSR count). The molecule has 2 N–H and O–H groups in total. The Balaban J connectivity index is 1.93. The van der Waals surface area contributed by atoms with Crippen LogP contribution in [0.4, 0.5) is 0 Å². The number of nitriles is 2. The summed E-state index contributed by atoms with van der Waals surface area (Å²) in [4.78, 5) is 4.45. The zero-order chi connectivity index (χ0) is 18.6. The lowest BCUT2D eigenvalue weighted by atomic mass is 9.61. The molecule has 0 bridgehead atoms. The van der Waals surface area contributed by atoms with E-state index in [1.165, 1.54) is 11.8 Å². The van der Waals surface area contributed by atoms with Crippen LogP contribution < -0.4 is 10.5 Å². The average molecular weight is 366 g/mol. The molecular weight excluding hydrogens is 344 g/mol. The zero-order valence-electron chi connectivity index (χ0n) is 14.9. The van der Waals surface area contributed by atoms with Crippen molar-refractivity contribution in [2.24, 2.45) is 22.1 Å². The highest BCUT2D eigenvalue weighted by atomic mass is 32.2. The fourth-order valence-electron chi connectivity index (χ4n) is 3.97. The van der Waals surface area contributed by atoms with Crippen molar-refractivity contribution < 1.29 is 4.74 Å². The van der Waals surface area contributed by atoms with Gasteiger partial charge in [-0.1, -0.05) is 31.4 Å². The maximum Gasteiger partial charge on any atom is 0.119 e. The van der Waals surface area contributed by atoms with Crippen LogP contribution in [0.1, 0.15) is 37.7 Å². The van der Waals surface area contributed by atoms with E-state index in [1.807, 2.05) is 24.3 Å². The van der Waals surface area contributed by atoms with Gasteiger partial charge in [0.2, 0.25) is 0 Å². The minimum atomic E-state index is -0.501. The van der Waals surface area contributed by atoms with Crippen LogP contribution in [-0.4, -0.2) is 12.9 Å². The summed E-state index contributed by atoms with van der Waals surface area (Å²) >= 11 is 1.51. The number of nitrogens with two attached hydrogens (primary N) is 1. The van der Waals surface area contributed by atoms with Gasteiger partial charge >= 0.3 is 0 Å². The number of nitrogens with zero attached hydrogens (tertiary/aromatic N) is 3. The summed E-state index contributed by atoms with van der Waals surface area (Å²) in [5.41, 5.74) is 7.43. The minimum absolute atomic E-state index is 0.349. The first kappa shape index (κ1) is 18.4. The van der Waals surface area contributed by atoms with Crippen LogP contribution in [-0.2, 0) is 5.75 Å². The number of ether oxygens (including phenoxy) is 1. The van der Waals surface area contributed by atoms with Crippen molar-refractivity contribution in [3.8, 4) is 17.9 Å². The molecule has 2 aliphatic rings. The van der Waals surface area contributed by atoms with Crippen molar-refractivity contribution >= 4 is 17.6 Å². The molecule has 1 fully saturated rings. The lowest BCUT2D eigenvalue weighted by Gasteiger charge is -2.42. The topological polar surface area (TPSA) is 95.2 Å². The maximum absolute atomic E-state index is 9.90. The third-order valence-corrected chi connectivity index (χ3v) is 6.33. The van der Waals surface area contributed by atoms with Crippen molar-refractivity contribution in [3.05, 3.63) is 40.4 Å². The van der Waals surface area contributed by atoms with Crippen LogP contribution in [0.2, 0.25) is 0 Å². The van der Waals surface area contributed by atoms with E-state index < -0.39 is 11.3 Å². The number of benzene rings is 1. The van der Waals surface area contributed by atoms with E-state index in [0.29, 0.717) is 22.2 Å². The number of amidine groups is 1. The molecule has 1 unspecified atom stereocenters. The summed E-state index contributed by atoms with van der Waals surface area (Å²) in [5.74, 6) is 1.32. The molecule has 0 amide bonds. The highest BCUT2D eigenvalue weighted by Gasteiger charge is 2.49. The molecule has 1 saturated carbocycles. The second-order valence-electron chi connectivity index (χ2n) is 6.75. The first-order chi connectivity index (χ1) is 12.6. The molecule has 1 atom stereocenters. The fraction of sp³-hybridized carbons (Fsp3) is 0.450. The first-order valence-electron chi connectivity index (χ1n) is 8.79. The number of thioether (sulfide) groups is 1. The van der Waals surface area contributed by atoms with Crippen LogP contribution in [0.5, 0.6) is 5.75 Å². The second-order valence-corrected chi connectivity index (χ2v) is 7.71.